The number of benzene rings is 2. The number of nitrogens with zero attached hydrogens (tertiary/aromatic N) is 1. The average molecular weight is 324 g/mol. The third-order valence-corrected chi connectivity index (χ3v) is 4.55. The summed E-state index contributed by atoms with van der Waals surface area (Å²) in [6.07, 6.45) is 0.608. The number of anilines is 1. The number of hydrogen-bond acceptors (Lipinski definition) is 3. The smallest absolute Gasteiger partial charge is 0.335 e. The molecule has 4 rings (SSSR count). The molecular formula is C18H16N2O4. The minimum absolute atomic E-state index is 0.0954. The summed E-state index contributed by atoms with van der Waals surface area (Å²) in [5.41, 5.74) is 0.919. The van der Waals surface area contributed by atoms with Gasteiger partial charge in [0, 0.05) is 17.7 Å². The fourth-order valence-corrected chi connectivity index (χ4v) is 3.47. The van der Waals surface area contributed by atoms with E-state index in [1.807, 2.05) is 31.2 Å². The van der Waals surface area contributed by atoms with Crippen molar-refractivity contribution in [3.8, 4) is 5.75 Å². The van der Waals surface area contributed by atoms with Gasteiger partial charge >= 0.3 is 12.0 Å². The molecule has 2 aromatic rings. The number of aromatic carboxylic acids is 1. The first kappa shape index (κ1) is 14.6. The molecule has 2 atom stereocenters. The summed E-state index contributed by atoms with van der Waals surface area (Å²) in [6, 6.07) is 13.5. The molecule has 6 heteroatoms. The van der Waals surface area contributed by atoms with Crippen molar-refractivity contribution in [3.63, 3.8) is 0 Å². The number of carbonyl (C=O) groups is 2. The molecule has 24 heavy (non-hydrogen) atoms. The number of carboxylic acid groups (broad SMARTS) is 1. The van der Waals surface area contributed by atoms with Crippen molar-refractivity contribution in [1.29, 1.82) is 0 Å². The number of hydrogen-bond donors (Lipinski definition) is 2. The topological polar surface area (TPSA) is 78.9 Å². The Bertz CT molecular complexity index is 833. The summed E-state index contributed by atoms with van der Waals surface area (Å²) in [4.78, 5) is 25.2. The highest BCUT2D eigenvalue weighted by molar-refractivity contribution is 5.95. The van der Waals surface area contributed by atoms with E-state index in [4.69, 9.17) is 9.84 Å². The molecule has 2 aliphatic rings. The fraction of sp³-hybridized carbons (Fsp3) is 0.222. The molecule has 2 aliphatic heterocycles. The van der Waals surface area contributed by atoms with Gasteiger partial charge in [0.15, 0.2) is 5.72 Å². The highest BCUT2D eigenvalue weighted by Crippen LogP contribution is 2.45. The van der Waals surface area contributed by atoms with E-state index in [1.54, 1.807) is 17.0 Å². The molecule has 1 fully saturated rings. The molecule has 122 valence electrons. The van der Waals surface area contributed by atoms with Gasteiger partial charge in [-0.25, -0.2) is 9.59 Å². The van der Waals surface area contributed by atoms with E-state index < -0.39 is 11.7 Å². The Labute approximate surface area is 138 Å². The van der Waals surface area contributed by atoms with Crippen LogP contribution < -0.4 is 15.0 Å². The number of ether oxygens (including phenoxy) is 1. The number of para-hydroxylation sites is 1. The first-order valence-electron chi connectivity index (χ1n) is 7.70. The minimum Gasteiger partial charge on any atom is -0.478 e. The molecule has 0 radical (unpaired) electrons. The number of rotatable bonds is 2. The van der Waals surface area contributed by atoms with Crippen molar-refractivity contribution in [2.75, 3.05) is 4.90 Å². The zero-order valence-corrected chi connectivity index (χ0v) is 13.0. The number of carbonyl (C=O) groups excluding carboxylic acids is 1. The molecule has 0 aliphatic carbocycles. The summed E-state index contributed by atoms with van der Waals surface area (Å²) < 4.78 is 6.15. The molecule has 0 unspecified atom stereocenters. The SMILES string of the molecule is C[C@@]12C[C@@H](NC(=O)N1c1ccc(C(=O)O)cc1)c1ccccc1O2. The Morgan fingerprint density at radius 1 is 1.25 bits per heavy atom. The summed E-state index contributed by atoms with van der Waals surface area (Å²) in [5.74, 6) is -0.248. The molecule has 2 heterocycles. The maximum Gasteiger partial charge on any atom is 0.335 e. The quantitative estimate of drug-likeness (QED) is 0.889. The largest absolute Gasteiger partial charge is 0.478 e. The normalized spacial score (nSPS) is 24.6. The van der Waals surface area contributed by atoms with E-state index in [1.165, 1.54) is 12.1 Å². The van der Waals surface area contributed by atoms with Gasteiger partial charge in [0.05, 0.1) is 11.6 Å². The lowest BCUT2D eigenvalue weighted by Crippen LogP contribution is -2.65. The van der Waals surface area contributed by atoms with E-state index in [0.29, 0.717) is 12.1 Å². The fourth-order valence-electron chi connectivity index (χ4n) is 3.47. The van der Waals surface area contributed by atoms with Gasteiger partial charge in [-0.15, -0.1) is 0 Å². The van der Waals surface area contributed by atoms with Crippen LogP contribution in [0.2, 0.25) is 0 Å². The molecular weight excluding hydrogens is 308 g/mol. The molecule has 0 saturated carbocycles. The molecule has 2 amide bonds. The predicted octanol–water partition coefficient (Wildman–Crippen LogP) is 3.15. The predicted molar refractivity (Wildman–Crippen MR) is 87.2 cm³/mol. The van der Waals surface area contributed by atoms with Crippen molar-refractivity contribution in [2.45, 2.75) is 25.1 Å². The van der Waals surface area contributed by atoms with Crippen LogP contribution in [-0.4, -0.2) is 22.8 Å². The molecule has 0 aromatic heterocycles. The number of amides is 2. The van der Waals surface area contributed by atoms with Gasteiger partial charge in [0.25, 0.3) is 0 Å². The Balaban J connectivity index is 1.75. The summed E-state index contributed by atoms with van der Waals surface area (Å²) in [7, 11) is 0. The van der Waals surface area contributed by atoms with Gasteiger partial charge < -0.3 is 15.2 Å². The second kappa shape index (κ2) is 4.99. The van der Waals surface area contributed by atoms with Crippen molar-refractivity contribution >= 4 is 17.7 Å². The zero-order valence-electron chi connectivity index (χ0n) is 13.0. The Kier molecular flexibility index (Phi) is 3.03. The van der Waals surface area contributed by atoms with E-state index in [0.717, 1.165) is 11.3 Å². The second-order valence-corrected chi connectivity index (χ2v) is 6.21. The lowest BCUT2D eigenvalue weighted by atomic mass is 9.90. The minimum atomic E-state index is -1.00. The number of nitrogens with one attached hydrogen (secondary N) is 1. The molecule has 2 N–H and O–H groups in total. The van der Waals surface area contributed by atoms with Crippen LogP contribution in [0, 0.1) is 0 Å². The van der Waals surface area contributed by atoms with E-state index in [9.17, 15) is 9.59 Å². The van der Waals surface area contributed by atoms with Crippen LogP contribution in [0.1, 0.15) is 35.3 Å². The van der Waals surface area contributed by atoms with Gasteiger partial charge in [0.1, 0.15) is 5.75 Å². The Hall–Kier alpha value is -3.02. The third-order valence-electron chi connectivity index (χ3n) is 4.55. The van der Waals surface area contributed by atoms with Gasteiger partial charge in [-0.3, -0.25) is 4.90 Å². The number of carboxylic acids is 1. The zero-order chi connectivity index (χ0) is 16.9. The van der Waals surface area contributed by atoms with Crippen LogP contribution in [0.25, 0.3) is 0 Å². The van der Waals surface area contributed by atoms with Crippen LogP contribution >= 0.6 is 0 Å². The van der Waals surface area contributed by atoms with Crippen molar-refractivity contribution in [2.24, 2.45) is 0 Å². The van der Waals surface area contributed by atoms with E-state index in [2.05, 4.69) is 5.32 Å². The molecule has 2 bridgehead atoms. The van der Waals surface area contributed by atoms with Crippen molar-refractivity contribution in [3.05, 3.63) is 59.7 Å². The van der Waals surface area contributed by atoms with Crippen LogP contribution in [0.15, 0.2) is 48.5 Å². The van der Waals surface area contributed by atoms with Crippen molar-refractivity contribution in [1.82, 2.24) is 5.32 Å². The monoisotopic (exact) mass is 324 g/mol. The first-order chi connectivity index (χ1) is 11.5. The number of urea groups is 1. The Morgan fingerprint density at radius 2 is 1.96 bits per heavy atom. The summed E-state index contributed by atoms with van der Waals surface area (Å²) in [5, 5.41) is 12.0. The summed E-state index contributed by atoms with van der Waals surface area (Å²) >= 11 is 0. The highest BCUT2D eigenvalue weighted by Gasteiger charge is 2.49. The first-order valence-corrected chi connectivity index (χ1v) is 7.70. The molecule has 2 aromatic carbocycles. The summed E-state index contributed by atoms with van der Waals surface area (Å²) in [6.45, 7) is 1.87. The molecule has 1 saturated heterocycles. The highest BCUT2D eigenvalue weighted by atomic mass is 16.5. The average Bonchev–Trinajstić information content (AvgIpc) is 2.54. The van der Waals surface area contributed by atoms with Crippen LogP contribution in [-0.2, 0) is 0 Å². The van der Waals surface area contributed by atoms with Gasteiger partial charge in [-0.2, -0.15) is 0 Å². The van der Waals surface area contributed by atoms with E-state index >= 15 is 0 Å². The van der Waals surface area contributed by atoms with Gasteiger partial charge in [-0.05, 0) is 37.3 Å². The molecule has 6 nitrogen and oxygen atoms in total. The standard InChI is InChI=1S/C18H16N2O4/c1-18-10-14(13-4-2-3-5-15(13)24-18)19-17(23)20(18)12-8-6-11(7-9-12)16(21)22/h2-9,14H,10H2,1H3,(H,19,23)(H,21,22)/t14-,18-/m1/s1. The van der Waals surface area contributed by atoms with Crippen LogP contribution in [0.5, 0.6) is 5.75 Å². The maximum atomic E-state index is 12.7. The van der Waals surface area contributed by atoms with Gasteiger partial charge in [0.2, 0.25) is 0 Å². The lowest BCUT2D eigenvalue weighted by Gasteiger charge is -2.50. The van der Waals surface area contributed by atoms with Gasteiger partial charge in [-0.1, -0.05) is 18.2 Å². The lowest BCUT2D eigenvalue weighted by molar-refractivity contribution is 0.0379. The van der Waals surface area contributed by atoms with Crippen LogP contribution in [0.4, 0.5) is 10.5 Å². The van der Waals surface area contributed by atoms with Crippen LogP contribution in [0.3, 0.4) is 0 Å². The third kappa shape index (κ3) is 2.11. The van der Waals surface area contributed by atoms with Crippen molar-refractivity contribution < 1.29 is 19.4 Å². The maximum absolute atomic E-state index is 12.7. The molecule has 0 spiro atoms. The number of fused-ring (bicyclic) bond motifs is 4. The Morgan fingerprint density at radius 3 is 2.67 bits per heavy atom. The van der Waals surface area contributed by atoms with E-state index in [-0.39, 0.29) is 17.6 Å². The second-order valence-electron chi connectivity index (χ2n) is 6.21.